The Morgan fingerprint density at radius 3 is 2.54 bits per heavy atom. The van der Waals surface area contributed by atoms with E-state index in [1.807, 2.05) is 0 Å². The van der Waals surface area contributed by atoms with Crippen LogP contribution in [0.4, 0.5) is 4.79 Å². The van der Waals surface area contributed by atoms with Gasteiger partial charge in [-0.3, -0.25) is 4.79 Å². The molecule has 28 heavy (non-hydrogen) atoms. The standard InChI is InChI=1S/C19H29N3O5S/c1-4-27-19(24)22-10-8-16(9-11-22)18(23)20-13-15-6-5-7-17(12-15)28(25,26)21-14(2)3/h5-7,12,14,16,21H,4,8-11,13H2,1-3H3,(H,20,23). The van der Waals surface area contributed by atoms with Crippen molar-refractivity contribution in [2.45, 2.75) is 51.1 Å². The van der Waals surface area contributed by atoms with Crippen molar-refractivity contribution in [1.29, 1.82) is 0 Å². The van der Waals surface area contributed by atoms with Crippen LogP contribution in [0.5, 0.6) is 0 Å². The zero-order chi connectivity index (χ0) is 20.7. The molecule has 2 amide bonds. The fraction of sp³-hybridized carbons (Fsp3) is 0.579. The van der Waals surface area contributed by atoms with Crippen LogP contribution in [-0.4, -0.2) is 51.1 Å². The fourth-order valence-electron chi connectivity index (χ4n) is 3.07. The van der Waals surface area contributed by atoms with E-state index in [1.165, 1.54) is 6.07 Å². The maximum atomic E-state index is 12.4. The summed E-state index contributed by atoms with van der Waals surface area (Å²) in [6, 6.07) is 6.33. The number of hydrogen-bond donors (Lipinski definition) is 2. The lowest BCUT2D eigenvalue weighted by atomic mass is 9.96. The van der Waals surface area contributed by atoms with E-state index in [-0.39, 0.29) is 35.4 Å². The van der Waals surface area contributed by atoms with Crippen LogP contribution >= 0.6 is 0 Å². The molecular weight excluding hydrogens is 382 g/mol. The number of carbonyl (C=O) groups is 2. The predicted molar refractivity (Wildman–Crippen MR) is 105 cm³/mol. The number of amides is 2. The van der Waals surface area contributed by atoms with Crippen LogP contribution in [0.3, 0.4) is 0 Å². The molecule has 0 unspecified atom stereocenters. The zero-order valence-electron chi connectivity index (χ0n) is 16.6. The summed E-state index contributed by atoms with van der Waals surface area (Å²) in [6.45, 7) is 6.85. The molecule has 1 heterocycles. The first kappa shape index (κ1) is 22.2. The predicted octanol–water partition coefficient (Wildman–Crippen LogP) is 1.86. The Labute approximate surface area is 166 Å². The van der Waals surface area contributed by atoms with Crippen LogP contribution in [0.1, 0.15) is 39.2 Å². The second kappa shape index (κ2) is 9.88. The van der Waals surface area contributed by atoms with Crippen molar-refractivity contribution in [3.63, 3.8) is 0 Å². The molecular formula is C19H29N3O5S. The fourth-order valence-corrected chi connectivity index (χ4v) is 4.39. The zero-order valence-corrected chi connectivity index (χ0v) is 17.4. The van der Waals surface area contributed by atoms with Gasteiger partial charge in [-0.25, -0.2) is 17.9 Å². The van der Waals surface area contributed by atoms with Crippen LogP contribution < -0.4 is 10.0 Å². The smallest absolute Gasteiger partial charge is 0.409 e. The average molecular weight is 412 g/mol. The number of likely N-dealkylation sites (tertiary alicyclic amines) is 1. The first-order valence-electron chi connectivity index (χ1n) is 9.53. The Bertz CT molecular complexity index is 787. The van der Waals surface area contributed by atoms with E-state index in [2.05, 4.69) is 10.0 Å². The maximum absolute atomic E-state index is 12.4. The monoisotopic (exact) mass is 411 g/mol. The van der Waals surface area contributed by atoms with Crippen LogP contribution in [0.15, 0.2) is 29.2 Å². The van der Waals surface area contributed by atoms with Crippen molar-refractivity contribution in [2.75, 3.05) is 19.7 Å². The summed E-state index contributed by atoms with van der Waals surface area (Å²) in [5.74, 6) is -0.253. The van der Waals surface area contributed by atoms with Gasteiger partial charge < -0.3 is 15.0 Å². The Balaban J connectivity index is 1.88. The number of hydrogen-bond acceptors (Lipinski definition) is 5. The molecule has 1 aliphatic rings. The van der Waals surface area contributed by atoms with E-state index in [4.69, 9.17) is 4.74 Å². The minimum Gasteiger partial charge on any atom is -0.450 e. The van der Waals surface area contributed by atoms with Crippen LogP contribution in [0.2, 0.25) is 0 Å². The topological polar surface area (TPSA) is 105 Å². The summed E-state index contributed by atoms with van der Waals surface area (Å²) in [7, 11) is -3.57. The molecule has 0 bridgehead atoms. The van der Waals surface area contributed by atoms with Gasteiger partial charge in [-0.15, -0.1) is 0 Å². The summed E-state index contributed by atoms with van der Waals surface area (Å²) in [5.41, 5.74) is 0.712. The van der Waals surface area contributed by atoms with E-state index in [9.17, 15) is 18.0 Å². The summed E-state index contributed by atoms with van der Waals surface area (Å²) in [4.78, 5) is 25.9. The molecule has 1 aliphatic heterocycles. The molecule has 8 nitrogen and oxygen atoms in total. The third-order valence-corrected chi connectivity index (χ3v) is 6.11. The molecule has 156 valence electrons. The molecule has 0 aliphatic carbocycles. The summed E-state index contributed by atoms with van der Waals surface area (Å²) in [5, 5.41) is 2.87. The number of sulfonamides is 1. The molecule has 1 fully saturated rings. The number of benzene rings is 1. The van der Waals surface area contributed by atoms with Crippen LogP contribution in [0, 0.1) is 5.92 Å². The minimum absolute atomic E-state index is 0.0860. The molecule has 2 N–H and O–H groups in total. The van der Waals surface area contributed by atoms with Crippen molar-refractivity contribution in [1.82, 2.24) is 14.9 Å². The lowest BCUT2D eigenvalue weighted by molar-refractivity contribution is -0.126. The maximum Gasteiger partial charge on any atom is 0.409 e. The van der Waals surface area contributed by atoms with E-state index in [0.717, 1.165) is 0 Å². The van der Waals surface area contributed by atoms with E-state index >= 15 is 0 Å². The highest BCUT2D eigenvalue weighted by atomic mass is 32.2. The molecule has 0 saturated carbocycles. The molecule has 0 spiro atoms. The minimum atomic E-state index is -3.57. The van der Waals surface area contributed by atoms with Crippen LogP contribution in [0.25, 0.3) is 0 Å². The second-order valence-corrected chi connectivity index (χ2v) is 8.82. The van der Waals surface area contributed by atoms with Gasteiger partial charge in [0.05, 0.1) is 11.5 Å². The molecule has 1 aromatic carbocycles. The van der Waals surface area contributed by atoms with Gasteiger partial charge in [-0.2, -0.15) is 0 Å². The van der Waals surface area contributed by atoms with Crippen LogP contribution in [-0.2, 0) is 26.1 Å². The highest BCUT2D eigenvalue weighted by Crippen LogP contribution is 2.18. The molecule has 0 aromatic heterocycles. The van der Waals surface area contributed by atoms with Gasteiger partial charge in [-0.05, 0) is 51.3 Å². The molecule has 0 radical (unpaired) electrons. The Hall–Kier alpha value is -2.13. The van der Waals surface area contributed by atoms with Gasteiger partial charge >= 0.3 is 6.09 Å². The third-order valence-electron chi connectivity index (χ3n) is 4.46. The quantitative estimate of drug-likeness (QED) is 0.713. The highest BCUT2D eigenvalue weighted by molar-refractivity contribution is 7.89. The van der Waals surface area contributed by atoms with Crippen molar-refractivity contribution < 1.29 is 22.7 Å². The number of rotatable bonds is 7. The second-order valence-electron chi connectivity index (χ2n) is 7.10. The molecule has 1 aromatic rings. The number of carbonyl (C=O) groups excluding carboxylic acids is 2. The van der Waals surface area contributed by atoms with Crippen molar-refractivity contribution in [3.8, 4) is 0 Å². The number of nitrogens with zero attached hydrogens (tertiary/aromatic N) is 1. The van der Waals surface area contributed by atoms with Gasteiger partial charge in [0.25, 0.3) is 0 Å². The number of nitrogens with one attached hydrogen (secondary N) is 2. The Morgan fingerprint density at radius 2 is 1.93 bits per heavy atom. The van der Waals surface area contributed by atoms with Gasteiger partial charge in [0, 0.05) is 31.6 Å². The third kappa shape index (κ3) is 6.20. The first-order valence-corrected chi connectivity index (χ1v) is 11.0. The summed E-state index contributed by atoms with van der Waals surface area (Å²) >= 11 is 0. The van der Waals surface area contributed by atoms with E-state index in [0.29, 0.717) is 38.1 Å². The van der Waals surface area contributed by atoms with E-state index < -0.39 is 10.0 Å². The highest BCUT2D eigenvalue weighted by Gasteiger charge is 2.27. The van der Waals surface area contributed by atoms with Gasteiger partial charge in [-0.1, -0.05) is 12.1 Å². The van der Waals surface area contributed by atoms with Crippen molar-refractivity contribution in [3.05, 3.63) is 29.8 Å². The first-order chi connectivity index (χ1) is 13.2. The largest absolute Gasteiger partial charge is 0.450 e. The van der Waals surface area contributed by atoms with Gasteiger partial charge in [0.2, 0.25) is 15.9 Å². The molecule has 2 rings (SSSR count). The lowest BCUT2D eigenvalue weighted by Gasteiger charge is -2.30. The summed E-state index contributed by atoms with van der Waals surface area (Å²) < 4.78 is 32.1. The lowest BCUT2D eigenvalue weighted by Crippen LogP contribution is -2.43. The van der Waals surface area contributed by atoms with Crippen molar-refractivity contribution >= 4 is 22.0 Å². The average Bonchev–Trinajstić information content (AvgIpc) is 2.65. The van der Waals surface area contributed by atoms with E-state index in [1.54, 1.807) is 43.9 Å². The summed E-state index contributed by atoms with van der Waals surface area (Å²) in [6.07, 6.45) is 0.823. The van der Waals surface area contributed by atoms with Gasteiger partial charge in [0.15, 0.2) is 0 Å². The van der Waals surface area contributed by atoms with Crippen molar-refractivity contribution in [2.24, 2.45) is 5.92 Å². The Morgan fingerprint density at radius 1 is 1.25 bits per heavy atom. The van der Waals surface area contributed by atoms with Gasteiger partial charge in [0.1, 0.15) is 0 Å². The number of ether oxygens (including phenoxy) is 1. The SMILES string of the molecule is CCOC(=O)N1CCC(C(=O)NCc2cccc(S(=O)(=O)NC(C)C)c2)CC1. The molecule has 1 saturated heterocycles. The Kier molecular flexibility index (Phi) is 7.82. The molecule has 0 atom stereocenters. The normalized spacial score (nSPS) is 15.5. The number of piperidine rings is 1. The molecule has 9 heteroatoms.